The van der Waals surface area contributed by atoms with E-state index in [4.69, 9.17) is 0 Å². The first-order chi connectivity index (χ1) is 16.4. The van der Waals surface area contributed by atoms with E-state index in [9.17, 15) is 19.5 Å². The average Bonchev–Trinajstić information content (AvgIpc) is 2.84. The second kappa shape index (κ2) is 9.70. The molecule has 0 aliphatic rings. The number of pyridine rings is 2. The molecule has 0 saturated carbocycles. The Hall–Kier alpha value is -4.27. The Balaban J connectivity index is 1.48. The van der Waals surface area contributed by atoms with Gasteiger partial charge in [-0.2, -0.15) is 0 Å². The van der Waals surface area contributed by atoms with Gasteiger partial charge < -0.3 is 20.6 Å². The van der Waals surface area contributed by atoms with Gasteiger partial charge in [0.15, 0.2) is 0 Å². The Morgan fingerprint density at radius 1 is 1.09 bits per heavy atom. The number of aromatic nitrogens is 2. The fraction of sp³-hybridized carbons (Fsp3) is 0.240. The molecule has 174 valence electrons. The summed E-state index contributed by atoms with van der Waals surface area (Å²) < 4.78 is 0. The van der Waals surface area contributed by atoms with Crippen molar-refractivity contribution >= 4 is 39.6 Å². The van der Waals surface area contributed by atoms with E-state index in [2.05, 4.69) is 20.6 Å². The van der Waals surface area contributed by atoms with Crippen LogP contribution >= 0.6 is 0 Å². The van der Waals surface area contributed by atoms with Gasteiger partial charge in [0.05, 0.1) is 0 Å². The maximum absolute atomic E-state index is 12.1. The Bertz CT molecular complexity index is 1390. The molecule has 0 saturated heterocycles. The Labute approximate surface area is 195 Å². The zero-order chi connectivity index (χ0) is 24.2. The summed E-state index contributed by atoms with van der Waals surface area (Å²) in [5.74, 6) is -0.408. The maximum Gasteiger partial charge on any atom is 0.326 e. The number of carbonyl (C=O) groups is 1. The minimum absolute atomic E-state index is 0.0724. The van der Waals surface area contributed by atoms with Crippen molar-refractivity contribution in [3.8, 4) is 0 Å². The van der Waals surface area contributed by atoms with Crippen LogP contribution in [0.3, 0.4) is 0 Å². The van der Waals surface area contributed by atoms with E-state index in [0.29, 0.717) is 12.4 Å². The van der Waals surface area contributed by atoms with Crippen molar-refractivity contribution in [2.24, 2.45) is 0 Å². The molecule has 0 unspecified atom stereocenters. The summed E-state index contributed by atoms with van der Waals surface area (Å²) in [4.78, 5) is 46.2. The summed E-state index contributed by atoms with van der Waals surface area (Å²) in [6, 6.07) is 10.0. The molecule has 0 fully saturated rings. The molecule has 0 aliphatic heterocycles. The summed E-state index contributed by atoms with van der Waals surface area (Å²) in [6.45, 7) is 2.55. The summed E-state index contributed by atoms with van der Waals surface area (Å²) in [6.07, 6.45) is 6.12. The lowest BCUT2D eigenvalue weighted by Gasteiger charge is -2.25. The van der Waals surface area contributed by atoms with Crippen LogP contribution in [0.25, 0.3) is 10.8 Å². The third-order valence-electron chi connectivity index (χ3n) is 5.66. The number of anilines is 4. The van der Waals surface area contributed by atoms with Gasteiger partial charge in [-0.25, -0.2) is 9.78 Å². The number of nitrogens with one attached hydrogen (secondary N) is 2. The van der Waals surface area contributed by atoms with Crippen molar-refractivity contribution in [1.82, 2.24) is 9.97 Å². The first kappa shape index (κ1) is 22.9. The molecular weight excluding hydrogens is 434 g/mol. The first-order valence-corrected chi connectivity index (χ1v) is 11.0. The van der Waals surface area contributed by atoms with Crippen molar-refractivity contribution in [2.75, 3.05) is 29.1 Å². The largest absolute Gasteiger partial charge is 0.480 e. The van der Waals surface area contributed by atoms with Gasteiger partial charge in [-0.3, -0.25) is 14.6 Å². The third kappa shape index (κ3) is 4.59. The molecule has 9 nitrogen and oxygen atoms in total. The molecule has 2 heterocycles. The molecule has 4 rings (SSSR count). The van der Waals surface area contributed by atoms with E-state index in [1.54, 1.807) is 30.5 Å². The molecule has 2 aromatic carbocycles. The Morgan fingerprint density at radius 2 is 1.85 bits per heavy atom. The van der Waals surface area contributed by atoms with Crippen LogP contribution in [0.5, 0.6) is 0 Å². The van der Waals surface area contributed by atoms with Crippen molar-refractivity contribution in [3.63, 3.8) is 0 Å². The van der Waals surface area contributed by atoms with Crippen LogP contribution in [-0.4, -0.2) is 40.7 Å². The molecule has 1 atom stereocenters. The second-order valence-electron chi connectivity index (χ2n) is 8.12. The van der Waals surface area contributed by atoms with Gasteiger partial charge in [0.25, 0.3) is 10.9 Å². The van der Waals surface area contributed by atoms with Crippen LogP contribution in [0.2, 0.25) is 0 Å². The van der Waals surface area contributed by atoms with Gasteiger partial charge >= 0.3 is 5.97 Å². The summed E-state index contributed by atoms with van der Waals surface area (Å²) in [5, 5.41) is 17.7. The Kier molecular flexibility index (Phi) is 6.53. The molecule has 0 aliphatic carbocycles. The van der Waals surface area contributed by atoms with E-state index >= 15 is 0 Å². The lowest BCUT2D eigenvalue weighted by molar-refractivity contribution is -0.137. The number of nitrogens with zero attached hydrogens (tertiary/aromatic N) is 3. The molecule has 0 spiro atoms. The van der Waals surface area contributed by atoms with E-state index in [1.165, 1.54) is 0 Å². The van der Waals surface area contributed by atoms with E-state index in [-0.39, 0.29) is 17.8 Å². The zero-order valence-electron chi connectivity index (χ0n) is 18.9. The number of rotatable bonds is 10. The van der Waals surface area contributed by atoms with Gasteiger partial charge in [-0.1, -0.05) is 19.1 Å². The fourth-order valence-electron chi connectivity index (χ4n) is 3.91. The molecular formula is C25H25N5O4. The van der Waals surface area contributed by atoms with Crippen LogP contribution in [-0.2, 0) is 11.2 Å². The van der Waals surface area contributed by atoms with E-state index in [1.807, 2.05) is 43.3 Å². The minimum Gasteiger partial charge on any atom is -0.480 e. The minimum atomic E-state index is -1.10. The highest BCUT2D eigenvalue weighted by atomic mass is 16.4. The zero-order valence-corrected chi connectivity index (χ0v) is 18.9. The summed E-state index contributed by atoms with van der Waals surface area (Å²) >= 11 is 0. The molecule has 9 heteroatoms. The van der Waals surface area contributed by atoms with Crippen molar-refractivity contribution in [2.45, 2.75) is 25.8 Å². The van der Waals surface area contributed by atoms with E-state index in [0.717, 1.165) is 28.4 Å². The van der Waals surface area contributed by atoms with Crippen molar-refractivity contribution < 1.29 is 9.90 Å². The fourth-order valence-corrected chi connectivity index (χ4v) is 3.91. The van der Waals surface area contributed by atoms with E-state index < -0.39 is 22.9 Å². The maximum atomic E-state index is 12.1. The van der Waals surface area contributed by atoms with Gasteiger partial charge in [0.1, 0.15) is 23.2 Å². The van der Waals surface area contributed by atoms with Crippen LogP contribution in [0.1, 0.15) is 18.9 Å². The lowest BCUT2D eigenvalue weighted by Crippen LogP contribution is -2.45. The molecule has 3 N–H and O–H groups in total. The summed E-state index contributed by atoms with van der Waals surface area (Å²) in [7, 11) is 1.72. The van der Waals surface area contributed by atoms with Gasteiger partial charge in [0.2, 0.25) is 0 Å². The summed E-state index contributed by atoms with van der Waals surface area (Å²) in [5.41, 5.74) is 0.616. The number of hydrogen-bond acceptors (Lipinski definition) is 8. The third-order valence-corrected chi connectivity index (χ3v) is 5.66. The highest BCUT2D eigenvalue weighted by molar-refractivity contribution is 5.92. The molecule has 4 aromatic rings. The quantitative estimate of drug-likeness (QED) is 0.307. The molecule has 0 amide bonds. The number of carboxylic acids is 1. The van der Waals surface area contributed by atoms with Crippen LogP contribution < -0.4 is 26.4 Å². The topological polar surface area (TPSA) is 125 Å². The number of aliphatic carboxylic acids is 1. The van der Waals surface area contributed by atoms with Crippen LogP contribution in [0.4, 0.5) is 22.9 Å². The number of carboxylic acid groups (broad SMARTS) is 1. The van der Waals surface area contributed by atoms with Gasteiger partial charge in [0, 0.05) is 55.1 Å². The molecule has 0 bridgehead atoms. The smallest absolute Gasteiger partial charge is 0.326 e. The lowest BCUT2D eigenvalue weighted by atomic mass is 10.0. The normalized spacial score (nSPS) is 11.9. The molecule has 34 heavy (non-hydrogen) atoms. The first-order valence-electron chi connectivity index (χ1n) is 11.0. The van der Waals surface area contributed by atoms with Crippen LogP contribution in [0, 0.1) is 0 Å². The second-order valence-corrected chi connectivity index (χ2v) is 8.12. The standard InChI is InChI=1S/C25H25N5O4/c1-3-12-30(2)21-20(22(31)23(21)32)29-19(25(33)34)13-15-4-6-17(7-5-15)28-24-18-9-10-26-14-16(18)8-11-27-24/h4-11,14,19,29H,3,12-13H2,1-2H3,(H,27,28)(H,33,34)/t19-/m0/s1. The average molecular weight is 460 g/mol. The predicted octanol–water partition coefficient (Wildman–Crippen LogP) is 2.92. The number of hydrogen-bond donors (Lipinski definition) is 3. The number of fused-ring (bicyclic) bond motifs is 1. The Morgan fingerprint density at radius 3 is 2.56 bits per heavy atom. The molecule has 0 radical (unpaired) electrons. The van der Waals surface area contributed by atoms with Crippen LogP contribution in [0.15, 0.2) is 64.6 Å². The van der Waals surface area contributed by atoms with Crippen molar-refractivity contribution in [1.29, 1.82) is 0 Å². The van der Waals surface area contributed by atoms with Crippen molar-refractivity contribution in [3.05, 3.63) is 81.0 Å². The van der Waals surface area contributed by atoms with Gasteiger partial charge in [-0.05, 0) is 36.2 Å². The highest BCUT2D eigenvalue weighted by Gasteiger charge is 2.28. The predicted molar refractivity (Wildman–Crippen MR) is 133 cm³/mol. The highest BCUT2D eigenvalue weighted by Crippen LogP contribution is 2.24. The van der Waals surface area contributed by atoms with Gasteiger partial charge in [-0.15, -0.1) is 0 Å². The molecule has 2 aromatic heterocycles. The SMILES string of the molecule is CCCN(C)c1c(N[C@@H](Cc2ccc(Nc3nccc4cnccc34)cc2)C(=O)O)c(=O)c1=O. The monoisotopic (exact) mass is 459 g/mol. The number of benzene rings is 1.